The van der Waals surface area contributed by atoms with E-state index in [-0.39, 0.29) is 23.6 Å². The Bertz CT molecular complexity index is 500. The van der Waals surface area contributed by atoms with Crippen molar-refractivity contribution in [2.45, 2.75) is 63.2 Å². The van der Waals surface area contributed by atoms with E-state index >= 15 is 0 Å². The van der Waals surface area contributed by atoms with Crippen LogP contribution in [0.25, 0.3) is 0 Å². The van der Waals surface area contributed by atoms with Gasteiger partial charge in [0.05, 0.1) is 12.2 Å². The largest absolute Gasteiger partial charge is 0.490 e. The van der Waals surface area contributed by atoms with Gasteiger partial charge in [-0.05, 0) is 56.4 Å². The van der Waals surface area contributed by atoms with Crippen molar-refractivity contribution in [3.05, 3.63) is 29.6 Å². The van der Waals surface area contributed by atoms with Crippen molar-refractivity contribution in [1.29, 1.82) is 0 Å². The lowest BCUT2D eigenvalue weighted by Crippen LogP contribution is -2.48. The van der Waals surface area contributed by atoms with Gasteiger partial charge >= 0.3 is 0 Å². The van der Waals surface area contributed by atoms with Crippen molar-refractivity contribution >= 4 is 0 Å². The Kier molecular flexibility index (Phi) is 4.18. The smallest absolute Gasteiger partial charge is 0.123 e. The van der Waals surface area contributed by atoms with E-state index in [9.17, 15) is 4.39 Å². The van der Waals surface area contributed by atoms with Gasteiger partial charge in [-0.1, -0.05) is 0 Å². The fraction of sp³-hybridized carbons (Fsp3) is 0.647. The highest BCUT2D eigenvalue weighted by atomic mass is 19.1. The van der Waals surface area contributed by atoms with E-state index in [0.717, 1.165) is 43.6 Å². The second-order valence-electron chi connectivity index (χ2n) is 6.55. The molecular formula is C17H24FNO2. The second-order valence-corrected chi connectivity index (χ2v) is 6.55. The third kappa shape index (κ3) is 3.38. The van der Waals surface area contributed by atoms with E-state index in [2.05, 4.69) is 0 Å². The summed E-state index contributed by atoms with van der Waals surface area (Å²) in [7, 11) is 0. The molecule has 2 N–H and O–H groups in total. The van der Waals surface area contributed by atoms with Crippen molar-refractivity contribution < 1.29 is 13.9 Å². The molecule has 1 aromatic carbocycles. The number of halogens is 1. The van der Waals surface area contributed by atoms with Crippen molar-refractivity contribution in [3.8, 4) is 5.75 Å². The first-order valence-corrected chi connectivity index (χ1v) is 7.91. The molecule has 21 heavy (non-hydrogen) atoms. The maximum Gasteiger partial charge on any atom is 0.123 e. The van der Waals surface area contributed by atoms with Crippen LogP contribution < -0.4 is 10.5 Å². The Labute approximate surface area is 125 Å². The molecule has 0 amide bonds. The summed E-state index contributed by atoms with van der Waals surface area (Å²) in [6, 6.07) is 4.72. The van der Waals surface area contributed by atoms with Crippen LogP contribution in [-0.2, 0) is 11.2 Å². The lowest BCUT2D eigenvalue weighted by atomic mass is 9.74. The van der Waals surface area contributed by atoms with Crippen LogP contribution in [-0.4, -0.2) is 24.4 Å². The lowest BCUT2D eigenvalue weighted by molar-refractivity contribution is -0.153. The average molecular weight is 293 g/mol. The molecule has 1 aromatic rings. The predicted octanol–water partition coefficient (Wildman–Crippen LogP) is 3.20. The highest BCUT2D eigenvalue weighted by Gasteiger charge is 2.43. The van der Waals surface area contributed by atoms with Gasteiger partial charge in [0.1, 0.15) is 17.7 Å². The first-order valence-electron chi connectivity index (χ1n) is 7.91. The molecule has 3 rings (SSSR count). The SMILES string of the molecule is CC(N)Cc1cc(F)ccc1OC1CCOC2(CCC2)C1. The standard InChI is InChI=1S/C17H24FNO2/c1-12(19)9-13-10-14(18)3-4-16(13)21-15-5-8-20-17(11-15)6-2-7-17/h3-4,10,12,15H,2,5-9,11,19H2,1H3. The summed E-state index contributed by atoms with van der Waals surface area (Å²) in [6.45, 7) is 2.68. The summed E-state index contributed by atoms with van der Waals surface area (Å²) in [5, 5.41) is 0. The molecule has 1 aliphatic heterocycles. The van der Waals surface area contributed by atoms with Crippen LogP contribution in [0.3, 0.4) is 0 Å². The lowest BCUT2D eigenvalue weighted by Gasteiger charge is -2.47. The van der Waals surface area contributed by atoms with E-state index in [1.54, 1.807) is 6.07 Å². The minimum absolute atomic E-state index is 0.0122. The van der Waals surface area contributed by atoms with Gasteiger partial charge in [0.25, 0.3) is 0 Å². The Morgan fingerprint density at radius 3 is 2.95 bits per heavy atom. The number of benzene rings is 1. The van der Waals surface area contributed by atoms with Crippen LogP contribution in [0.1, 0.15) is 44.6 Å². The highest BCUT2D eigenvalue weighted by molar-refractivity contribution is 5.35. The molecule has 1 saturated carbocycles. The molecule has 2 atom stereocenters. The number of ether oxygens (including phenoxy) is 2. The van der Waals surface area contributed by atoms with E-state index < -0.39 is 0 Å². The summed E-state index contributed by atoms with van der Waals surface area (Å²) in [5.74, 6) is 0.538. The summed E-state index contributed by atoms with van der Waals surface area (Å²) in [5.41, 5.74) is 6.77. The maximum atomic E-state index is 13.4. The van der Waals surface area contributed by atoms with Crippen LogP contribution in [0.15, 0.2) is 18.2 Å². The Morgan fingerprint density at radius 1 is 1.48 bits per heavy atom. The predicted molar refractivity (Wildman–Crippen MR) is 79.9 cm³/mol. The zero-order chi connectivity index (χ0) is 14.9. The molecule has 1 heterocycles. The van der Waals surface area contributed by atoms with Gasteiger partial charge < -0.3 is 15.2 Å². The highest BCUT2D eigenvalue weighted by Crippen LogP contribution is 2.43. The number of rotatable bonds is 4. The minimum Gasteiger partial charge on any atom is -0.490 e. The van der Waals surface area contributed by atoms with Gasteiger partial charge in [0.2, 0.25) is 0 Å². The molecule has 1 saturated heterocycles. The monoisotopic (exact) mass is 293 g/mol. The zero-order valence-electron chi connectivity index (χ0n) is 12.6. The van der Waals surface area contributed by atoms with Gasteiger partial charge in [-0.15, -0.1) is 0 Å². The van der Waals surface area contributed by atoms with Gasteiger partial charge in [-0.2, -0.15) is 0 Å². The van der Waals surface area contributed by atoms with Gasteiger partial charge in [-0.3, -0.25) is 0 Å². The first-order chi connectivity index (χ1) is 10.1. The quantitative estimate of drug-likeness (QED) is 0.927. The third-order valence-electron chi connectivity index (χ3n) is 4.57. The fourth-order valence-corrected chi connectivity index (χ4v) is 3.35. The van der Waals surface area contributed by atoms with Crippen LogP contribution in [0.4, 0.5) is 4.39 Å². The van der Waals surface area contributed by atoms with E-state index in [0.29, 0.717) is 6.42 Å². The molecule has 2 unspecified atom stereocenters. The molecule has 1 spiro atoms. The first kappa shape index (κ1) is 14.8. The number of hydrogen-bond acceptors (Lipinski definition) is 3. The summed E-state index contributed by atoms with van der Waals surface area (Å²) < 4.78 is 25.5. The molecule has 2 fully saturated rings. The summed E-state index contributed by atoms with van der Waals surface area (Å²) in [6.07, 6.45) is 6.17. The molecule has 4 heteroatoms. The van der Waals surface area contributed by atoms with Crippen LogP contribution in [0.5, 0.6) is 5.75 Å². The Morgan fingerprint density at radius 2 is 2.29 bits per heavy atom. The third-order valence-corrected chi connectivity index (χ3v) is 4.57. The van der Waals surface area contributed by atoms with E-state index in [1.165, 1.54) is 18.6 Å². The topological polar surface area (TPSA) is 44.5 Å². The van der Waals surface area contributed by atoms with E-state index in [4.69, 9.17) is 15.2 Å². The molecule has 1 aliphatic carbocycles. The number of hydrogen-bond donors (Lipinski definition) is 1. The molecule has 2 aliphatic rings. The molecule has 116 valence electrons. The fourth-order valence-electron chi connectivity index (χ4n) is 3.35. The van der Waals surface area contributed by atoms with Crippen LogP contribution in [0, 0.1) is 5.82 Å². The molecule has 0 aromatic heterocycles. The molecule has 0 bridgehead atoms. The van der Waals surface area contributed by atoms with Gasteiger partial charge in [0, 0.05) is 18.9 Å². The van der Waals surface area contributed by atoms with Gasteiger partial charge in [0.15, 0.2) is 0 Å². The second kappa shape index (κ2) is 5.93. The van der Waals surface area contributed by atoms with Crippen molar-refractivity contribution in [3.63, 3.8) is 0 Å². The van der Waals surface area contributed by atoms with Crippen molar-refractivity contribution in [1.82, 2.24) is 0 Å². The minimum atomic E-state index is -0.236. The Balaban J connectivity index is 1.71. The summed E-state index contributed by atoms with van der Waals surface area (Å²) in [4.78, 5) is 0. The van der Waals surface area contributed by atoms with Crippen molar-refractivity contribution in [2.24, 2.45) is 5.73 Å². The van der Waals surface area contributed by atoms with E-state index in [1.807, 2.05) is 6.92 Å². The van der Waals surface area contributed by atoms with Crippen LogP contribution in [0.2, 0.25) is 0 Å². The average Bonchev–Trinajstić information content (AvgIpc) is 2.40. The molecular weight excluding hydrogens is 269 g/mol. The normalized spacial score (nSPS) is 25.4. The zero-order valence-corrected chi connectivity index (χ0v) is 12.6. The Hall–Kier alpha value is -1.13. The maximum absolute atomic E-state index is 13.4. The molecule has 3 nitrogen and oxygen atoms in total. The molecule has 0 radical (unpaired) electrons. The summed E-state index contributed by atoms with van der Waals surface area (Å²) >= 11 is 0. The van der Waals surface area contributed by atoms with Crippen LogP contribution >= 0.6 is 0 Å². The van der Waals surface area contributed by atoms with Gasteiger partial charge in [-0.25, -0.2) is 4.39 Å². The van der Waals surface area contributed by atoms with Crippen molar-refractivity contribution in [2.75, 3.05) is 6.61 Å². The number of nitrogens with two attached hydrogens (primary N) is 1.